The molecule has 0 saturated heterocycles. The summed E-state index contributed by atoms with van der Waals surface area (Å²) in [4.78, 5) is 4.67. The Hall–Kier alpha value is -2.42. The molecule has 0 atom stereocenters. The lowest BCUT2D eigenvalue weighted by Crippen LogP contribution is -1.99. The van der Waals surface area contributed by atoms with Gasteiger partial charge in [-0.25, -0.2) is 4.39 Å². The minimum Gasteiger partial charge on any atom is -0.495 e. The Morgan fingerprint density at radius 1 is 1.10 bits per heavy atom. The molecule has 0 aliphatic heterocycles. The molecule has 0 unspecified atom stereocenters. The highest BCUT2D eigenvalue weighted by atomic mass is 19.1. The smallest absolute Gasteiger partial charge is 0.138 e. The van der Waals surface area contributed by atoms with Crippen molar-refractivity contribution in [1.29, 1.82) is 0 Å². The highest BCUT2D eigenvalue weighted by Crippen LogP contribution is 2.38. The molecular weight excluding hydrogens is 265 g/mol. The number of hydrogen-bond donors (Lipinski definition) is 0. The zero-order valence-electron chi connectivity index (χ0n) is 12.1. The van der Waals surface area contributed by atoms with E-state index in [0.717, 1.165) is 28.8 Å². The first-order valence-corrected chi connectivity index (χ1v) is 6.96. The minimum atomic E-state index is -0.286. The Balaban J connectivity index is 2.41. The van der Waals surface area contributed by atoms with Gasteiger partial charge in [0.1, 0.15) is 11.6 Å². The average molecular weight is 281 g/mol. The van der Waals surface area contributed by atoms with Crippen molar-refractivity contribution >= 4 is 10.9 Å². The van der Waals surface area contributed by atoms with Gasteiger partial charge in [-0.1, -0.05) is 37.3 Å². The average Bonchev–Trinajstić information content (AvgIpc) is 2.53. The van der Waals surface area contributed by atoms with Gasteiger partial charge < -0.3 is 4.74 Å². The van der Waals surface area contributed by atoms with Crippen LogP contribution in [0, 0.1) is 5.82 Å². The number of aryl methyl sites for hydroxylation is 1. The molecule has 0 radical (unpaired) electrons. The number of benzene rings is 2. The van der Waals surface area contributed by atoms with Gasteiger partial charge in [0.05, 0.1) is 18.3 Å². The first-order valence-electron chi connectivity index (χ1n) is 6.96. The third-order valence-corrected chi connectivity index (χ3v) is 3.58. The van der Waals surface area contributed by atoms with Crippen LogP contribution in [-0.2, 0) is 6.42 Å². The van der Waals surface area contributed by atoms with E-state index in [2.05, 4.69) is 11.9 Å². The minimum absolute atomic E-state index is 0.286. The van der Waals surface area contributed by atoms with Crippen molar-refractivity contribution in [2.75, 3.05) is 7.11 Å². The zero-order valence-corrected chi connectivity index (χ0v) is 12.1. The zero-order chi connectivity index (χ0) is 14.8. The monoisotopic (exact) mass is 281 g/mol. The molecule has 0 amide bonds. The van der Waals surface area contributed by atoms with Crippen molar-refractivity contribution in [1.82, 2.24) is 4.98 Å². The molecule has 3 rings (SSSR count). The Morgan fingerprint density at radius 2 is 1.86 bits per heavy atom. The number of hydrogen-bond acceptors (Lipinski definition) is 2. The van der Waals surface area contributed by atoms with E-state index in [4.69, 9.17) is 4.74 Å². The number of halogens is 1. The largest absolute Gasteiger partial charge is 0.495 e. The maximum atomic E-state index is 13.6. The summed E-state index contributed by atoms with van der Waals surface area (Å²) in [5.41, 5.74) is 3.69. The van der Waals surface area contributed by atoms with Gasteiger partial charge in [0.15, 0.2) is 0 Å². The molecule has 3 aromatic rings. The molecule has 0 aliphatic carbocycles. The predicted octanol–water partition coefficient (Wildman–Crippen LogP) is 4.61. The van der Waals surface area contributed by atoms with Crippen molar-refractivity contribution in [2.24, 2.45) is 0 Å². The number of aromatic nitrogens is 1. The fourth-order valence-corrected chi connectivity index (χ4v) is 2.63. The molecule has 106 valence electrons. The van der Waals surface area contributed by atoms with E-state index < -0.39 is 0 Å². The summed E-state index contributed by atoms with van der Waals surface area (Å²) in [6.45, 7) is 2.06. The third kappa shape index (κ3) is 2.35. The Labute approximate surface area is 123 Å². The predicted molar refractivity (Wildman–Crippen MR) is 83.1 cm³/mol. The van der Waals surface area contributed by atoms with Crippen LogP contribution in [0.25, 0.3) is 22.0 Å². The van der Waals surface area contributed by atoms with E-state index in [1.807, 2.05) is 30.3 Å². The van der Waals surface area contributed by atoms with E-state index in [1.165, 1.54) is 12.1 Å². The van der Waals surface area contributed by atoms with Gasteiger partial charge in [0.25, 0.3) is 0 Å². The second-order valence-electron chi connectivity index (χ2n) is 4.85. The van der Waals surface area contributed by atoms with Gasteiger partial charge in [-0.15, -0.1) is 0 Å². The number of rotatable bonds is 3. The lowest BCUT2D eigenvalue weighted by Gasteiger charge is -2.15. The van der Waals surface area contributed by atoms with Crippen LogP contribution in [0.5, 0.6) is 5.75 Å². The molecule has 0 fully saturated rings. The molecule has 0 saturated carbocycles. The van der Waals surface area contributed by atoms with Gasteiger partial charge in [0, 0.05) is 10.9 Å². The third-order valence-electron chi connectivity index (χ3n) is 3.58. The second kappa shape index (κ2) is 5.52. The highest BCUT2D eigenvalue weighted by Gasteiger charge is 2.16. The fraction of sp³-hybridized carbons (Fsp3) is 0.167. The van der Waals surface area contributed by atoms with Crippen molar-refractivity contribution < 1.29 is 9.13 Å². The van der Waals surface area contributed by atoms with Crippen LogP contribution in [0.3, 0.4) is 0 Å². The summed E-state index contributed by atoms with van der Waals surface area (Å²) < 4.78 is 19.2. The summed E-state index contributed by atoms with van der Waals surface area (Å²) in [6, 6.07) is 14.6. The lowest BCUT2D eigenvalue weighted by atomic mass is 9.98. The summed E-state index contributed by atoms with van der Waals surface area (Å²) in [5, 5.41) is 0.702. The van der Waals surface area contributed by atoms with E-state index in [9.17, 15) is 4.39 Å². The molecule has 0 spiro atoms. The normalized spacial score (nSPS) is 10.8. The lowest BCUT2D eigenvalue weighted by molar-refractivity contribution is 0.420. The molecule has 0 aliphatic rings. The number of pyridine rings is 1. The van der Waals surface area contributed by atoms with Gasteiger partial charge in [-0.3, -0.25) is 4.98 Å². The molecular formula is C18H16FNO. The maximum Gasteiger partial charge on any atom is 0.138 e. The Kier molecular flexibility index (Phi) is 3.57. The van der Waals surface area contributed by atoms with Crippen LogP contribution in [0.15, 0.2) is 48.5 Å². The van der Waals surface area contributed by atoms with E-state index in [-0.39, 0.29) is 5.82 Å². The van der Waals surface area contributed by atoms with Gasteiger partial charge in [0.2, 0.25) is 0 Å². The van der Waals surface area contributed by atoms with Crippen LogP contribution in [0.2, 0.25) is 0 Å². The number of methoxy groups -OCH3 is 1. The molecule has 3 heteroatoms. The summed E-state index contributed by atoms with van der Waals surface area (Å²) >= 11 is 0. The van der Waals surface area contributed by atoms with Crippen molar-refractivity contribution in [3.8, 4) is 16.9 Å². The van der Waals surface area contributed by atoms with Gasteiger partial charge >= 0.3 is 0 Å². The Bertz CT molecular complexity index is 784. The molecule has 2 aromatic carbocycles. The van der Waals surface area contributed by atoms with Gasteiger partial charge in [-0.05, 0) is 30.2 Å². The number of fused-ring (bicyclic) bond motifs is 1. The van der Waals surface area contributed by atoms with E-state index in [0.29, 0.717) is 11.1 Å². The standard InChI is InChI=1S/C18H16FNO/c1-3-15-17(12-7-5-4-6-8-12)18(21-2)14-11-13(19)9-10-16(14)20-15/h4-11H,3H2,1-2H3. The molecule has 1 heterocycles. The van der Waals surface area contributed by atoms with Crippen molar-refractivity contribution in [3.05, 3.63) is 60.0 Å². The van der Waals surface area contributed by atoms with E-state index in [1.54, 1.807) is 13.2 Å². The maximum absolute atomic E-state index is 13.6. The fourth-order valence-electron chi connectivity index (χ4n) is 2.63. The SMILES string of the molecule is CCc1nc2ccc(F)cc2c(OC)c1-c1ccccc1. The van der Waals surface area contributed by atoms with Crippen LogP contribution >= 0.6 is 0 Å². The molecule has 0 N–H and O–H groups in total. The van der Waals surface area contributed by atoms with Crippen LogP contribution < -0.4 is 4.74 Å². The van der Waals surface area contributed by atoms with Crippen LogP contribution in [-0.4, -0.2) is 12.1 Å². The summed E-state index contributed by atoms with van der Waals surface area (Å²) in [6.07, 6.45) is 0.786. The summed E-state index contributed by atoms with van der Waals surface area (Å²) in [7, 11) is 1.62. The van der Waals surface area contributed by atoms with Gasteiger partial charge in [-0.2, -0.15) is 0 Å². The molecule has 0 bridgehead atoms. The second-order valence-corrected chi connectivity index (χ2v) is 4.85. The van der Waals surface area contributed by atoms with E-state index >= 15 is 0 Å². The van der Waals surface area contributed by atoms with Crippen LogP contribution in [0.1, 0.15) is 12.6 Å². The Morgan fingerprint density at radius 3 is 2.52 bits per heavy atom. The topological polar surface area (TPSA) is 22.1 Å². The first-order chi connectivity index (χ1) is 10.2. The number of nitrogens with zero attached hydrogens (tertiary/aromatic N) is 1. The quantitative estimate of drug-likeness (QED) is 0.699. The summed E-state index contributed by atoms with van der Waals surface area (Å²) in [5.74, 6) is 0.397. The molecule has 21 heavy (non-hydrogen) atoms. The van der Waals surface area contributed by atoms with Crippen LogP contribution in [0.4, 0.5) is 4.39 Å². The van der Waals surface area contributed by atoms with Crippen molar-refractivity contribution in [3.63, 3.8) is 0 Å². The van der Waals surface area contributed by atoms with Crippen molar-refractivity contribution in [2.45, 2.75) is 13.3 Å². The molecule has 2 nitrogen and oxygen atoms in total. The highest BCUT2D eigenvalue weighted by molar-refractivity contribution is 5.93. The molecule has 1 aromatic heterocycles. The number of ether oxygens (including phenoxy) is 1. The first kappa shape index (κ1) is 13.6.